The maximum absolute atomic E-state index is 11.2. The summed E-state index contributed by atoms with van der Waals surface area (Å²) in [7, 11) is 3.11. The molecule has 0 bridgehead atoms. The third-order valence-electron chi connectivity index (χ3n) is 3.96. The lowest BCUT2D eigenvalue weighted by Crippen LogP contribution is -2.24. The number of hydrogen-bond acceptors (Lipinski definition) is 7. The lowest BCUT2D eigenvalue weighted by Gasteiger charge is -2.09. The molecule has 1 aromatic heterocycles. The van der Waals surface area contributed by atoms with Gasteiger partial charge in [0.15, 0.2) is 16.6 Å². The van der Waals surface area contributed by atoms with Crippen molar-refractivity contribution < 1.29 is 19.4 Å². The molecule has 0 amide bonds. The number of aromatic nitrogens is 1. The van der Waals surface area contributed by atoms with E-state index >= 15 is 0 Å². The first-order chi connectivity index (χ1) is 13.0. The number of carboxylic acid groups (broad SMARTS) is 1. The van der Waals surface area contributed by atoms with Crippen LogP contribution in [0.25, 0.3) is 11.3 Å². The summed E-state index contributed by atoms with van der Waals surface area (Å²) in [6.07, 6.45) is -0.211. The molecule has 0 unspecified atom stereocenters. The van der Waals surface area contributed by atoms with Crippen LogP contribution in [0.1, 0.15) is 10.4 Å². The van der Waals surface area contributed by atoms with Gasteiger partial charge in [-0.1, -0.05) is 17.7 Å². The maximum Gasteiger partial charge on any atom is 0.187 e. The minimum Gasteiger partial charge on any atom is -0.550 e. The molecule has 0 saturated carbocycles. The van der Waals surface area contributed by atoms with Gasteiger partial charge in [-0.2, -0.15) is 0 Å². The van der Waals surface area contributed by atoms with Gasteiger partial charge < -0.3 is 24.7 Å². The molecule has 2 aromatic carbocycles. The van der Waals surface area contributed by atoms with Crippen LogP contribution in [0.5, 0.6) is 11.5 Å². The summed E-state index contributed by atoms with van der Waals surface area (Å²) in [6.45, 7) is 2.01. The number of benzene rings is 2. The third-order valence-corrected chi connectivity index (χ3v) is 4.93. The smallest absolute Gasteiger partial charge is 0.187 e. The van der Waals surface area contributed by atoms with Crippen molar-refractivity contribution in [3.63, 3.8) is 0 Å². The summed E-state index contributed by atoms with van der Waals surface area (Å²) in [5.41, 5.74) is 3.37. The van der Waals surface area contributed by atoms with Crippen molar-refractivity contribution in [1.29, 1.82) is 0 Å². The van der Waals surface area contributed by atoms with Crippen molar-refractivity contribution in [3.8, 4) is 22.8 Å². The Balaban J connectivity index is 1.99. The number of thiazole rings is 1. The standard InChI is InChI=1S/C20H20N2O4S/c1-12-4-7-14(8-5-12)21-20-22-19(17(27-20)11-18(23)24)13-6-9-15(25-2)16(10-13)26-3/h4-10H,11H2,1-3H3,(H,21,22)(H,23,24)/p-1. The van der Waals surface area contributed by atoms with E-state index in [2.05, 4.69) is 10.3 Å². The molecule has 27 heavy (non-hydrogen) atoms. The number of anilines is 2. The van der Waals surface area contributed by atoms with Crippen LogP contribution in [-0.4, -0.2) is 25.2 Å². The van der Waals surface area contributed by atoms with E-state index in [1.165, 1.54) is 11.3 Å². The molecule has 0 fully saturated rings. The highest BCUT2D eigenvalue weighted by atomic mass is 32.1. The Kier molecular flexibility index (Phi) is 5.61. The zero-order valence-corrected chi connectivity index (χ0v) is 16.1. The van der Waals surface area contributed by atoms with Gasteiger partial charge in [-0.05, 0) is 37.3 Å². The van der Waals surface area contributed by atoms with Gasteiger partial charge in [-0.25, -0.2) is 4.98 Å². The molecule has 140 valence electrons. The molecule has 0 radical (unpaired) electrons. The van der Waals surface area contributed by atoms with Crippen molar-refractivity contribution in [1.82, 2.24) is 4.98 Å². The van der Waals surface area contributed by atoms with Gasteiger partial charge in [-0.15, -0.1) is 11.3 Å². The molecule has 0 atom stereocenters. The predicted octanol–water partition coefficient (Wildman–Crippen LogP) is 3.17. The molecule has 0 spiro atoms. The van der Waals surface area contributed by atoms with Gasteiger partial charge in [0.2, 0.25) is 0 Å². The summed E-state index contributed by atoms with van der Waals surface area (Å²) >= 11 is 1.29. The SMILES string of the molecule is COc1ccc(-c2nc(Nc3ccc(C)cc3)sc2CC(=O)[O-])cc1OC. The van der Waals surface area contributed by atoms with Crippen LogP contribution in [0.15, 0.2) is 42.5 Å². The number of aryl methyl sites for hydroxylation is 1. The number of nitrogens with zero attached hydrogens (tertiary/aromatic N) is 1. The molecule has 0 aliphatic heterocycles. The first-order valence-electron chi connectivity index (χ1n) is 8.25. The Morgan fingerprint density at radius 1 is 1.11 bits per heavy atom. The van der Waals surface area contributed by atoms with E-state index in [9.17, 15) is 9.90 Å². The topological polar surface area (TPSA) is 83.5 Å². The number of aliphatic carboxylic acids is 1. The molecule has 0 saturated heterocycles. The number of ether oxygens (including phenoxy) is 2. The zero-order chi connectivity index (χ0) is 19.4. The number of carbonyl (C=O) groups is 1. The summed E-state index contributed by atoms with van der Waals surface area (Å²) in [5.74, 6) is -0.00589. The van der Waals surface area contributed by atoms with E-state index in [0.29, 0.717) is 27.2 Å². The number of methoxy groups -OCH3 is 2. The highest BCUT2D eigenvalue weighted by molar-refractivity contribution is 7.16. The first-order valence-corrected chi connectivity index (χ1v) is 9.07. The lowest BCUT2D eigenvalue weighted by atomic mass is 10.1. The fraction of sp³-hybridized carbons (Fsp3) is 0.200. The number of hydrogen-bond donors (Lipinski definition) is 1. The van der Waals surface area contributed by atoms with Gasteiger partial charge in [-0.3, -0.25) is 0 Å². The Labute approximate surface area is 161 Å². The summed E-state index contributed by atoms with van der Waals surface area (Å²) in [6, 6.07) is 13.3. The van der Waals surface area contributed by atoms with Crippen LogP contribution in [0.2, 0.25) is 0 Å². The van der Waals surface area contributed by atoms with Gasteiger partial charge in [0.25, 0.3) is 0 Å². The molecule has 3 aromatic rings. The van der Waals surface area contributed by atoms with E-state index in [0.717, 1.165) is 16.8 Å². The Morgan fingerprint density at radius 3 is 2.44 bits per heavy atom. The van der Waals surface area contributed by atoms with Crippen LogP contribution in [0.3, 0.4) is 0 Å². The molecular formula is C20H19N2O4S-. The zero-order valence-electron chi connectivity index (χ0n) is 15.2. The monoisotopic (exact) mass is 383 g/mol. The van der Waals surface area contributed by atoms with Gasteiger partial charge >= 0.3 is 0 Å². The minimum atomic E-state index is -1.15. The van der Waals surface area contributed by atoms with E-state index < -0.39 is 5.97 Å². The maximum atomic E-state index is 11.2. The Hall–Kier alpha value is -3.06. The second-order valence-corrected chi connectivity index (χ2v) is 6.98. The van der Waals surface area contributed by atoms with Gasteiger partial charge in [0.1, 0.15) is 0 Å². The van der Waals surface area contributed by atoms with Crippen LogP contribution >= 0.6 is 11.3 Å². The minimum absolute atomic E-state index is 0.211. The van der Waals surface area contributed by atoms with Crippen LogP contribution in [0, 0.1) is 6.92 Å². The average Bonchev–Trinajstić information content (AvgIpc) is 3.04. The fourth-order valence-electron chi connectivity index (χ4n) is 2.63. The van der Waals surface area contributed by atoms with Gasteiger partial charge in [0, 0.05) is 28.5 Å². The molecule has 0 aliphatic carbocycles. The number of carboxylic acids is 1. The molecule has 3 rings (SSSR count). The quantitative estimate of drug-likeness (QED) is 0.675. The molecule has 1 heterocycles. The molecule has 1 N–H and O–H groups in total. The predicted molar refractivity (Wildman–Crippen MR) is 104 cm³/mol. The largest absolute Gasteiger partial charge is 0.550 e. The van der Waals surface area contributed by atoms with Crippen LogP contribution in [-0.2, 0) is 11.2 Å². The average molecular weight is 383 g/mol. The van der Waals surface area contributed by atoms with Crippen LogP contribution in [0.4, 0.5) is 10.8 Å². The third kappa shape index (κ3) is 4.38. The lowest BCUT2D eigenvalue weighted by molar-refractivity contribution is -0.304. The van der Waals surface area contributed by atoms with E-state index in [-0.39, 0.29) is 6.42 Å². The second kappa shape index (κ2) is 8.09. The normalized spacial score (nSPS) is 10.5. The van der Waals surface area contributed by atoms with Crippen molar-refractivity contribution in [2.75, 3.05) is 19.5 Å². The number of nitrogens with one attached hydrogen (secondary N) is 1. The Bertz CT molecular complexity index is 951. The van der Waals surface area contributed by atoms with Crippen molar-refractivity contribution in [3.05, 3.63) is 52.9 Å². The van der Waals surface area contributed by atoms with Gasteiger partial charge in [0.05, 0.1) is 19.9 Å². The van der Waals surface area contributed by atoms with E-state index in [4.69, 9.17) is 9.47 Å². The summed E-state index contributed by atoms with van der Waals surface area (Å²) in [5, 5.41) is 15.0. The highest BCUT2D eigenvalue weighted by Crippen LogP contribution is 2.37. The van der Waals surface area contributed by atoms with E-state index in [1.807, 2.05) is 37.3 Å². The second-order valence-electron chi connectivity index (χ2n) is 5.90. The van der Waals surface area contributed by atoms with Crippen molar-refractivity contribution in [2.45, 2.75) is 13.3 Å². The van der Waals surface area contributed by atoms with Crippen molar-refractivity contribution in [2.24, 2.45) is 0 Å². The number of carbonyl (C=O) groups excluding carboxylic acids is 1. The summed E-state index contributed by atoms with van der Waals surface area (Å²) < 4.78 is 10.6. The summed E-state index contributed by atoms with van der Waals surface area (Å²) in [4.78, 5) is 16.4. The fourth-order valence-corrected chi connectivity index (χ4v) is 3.61. The highest BCUT2D eigenvalue weighted by Gasteiger charge is 2.16. The first kappa shape index (κ1) is 18.7. The molecule has 6 nitrogen and oxygen atoms in total. The Morgan fingerprint density at radius 2 is 1.81 bits per heavy atom. The molecular weight excluding hydrogens is 364 g/mol. The van der Waals surface area contributed by atoms with Crippen LogP contribution < -0.4 is 19.9 Å². The number of rotatable bonds is 7. The molecule has 7 heteroatoms. The van der Waals surface area contributed by atoms with Crippen molar-refractivity contribution >= 4 is 28.1 Å². The van der Waals surface area contributed by atoms with E-state index in [1.54, 1.807) is 26.4 Å². The molecule has 0 aliphatic rings.